The number of sulfonamides is 1. The molecule has 1 aliphatic rings. The van der Waals surface area contributed by atoms with Crippen molar-refractivity contribution in [1.29, 1.82) is 0 Å². The highest BCUT2D eigenvalue weighted by molar-refractivity contribution is 7.91. The zero-order chi connectivity index (χ0) is 20.9. The number of rotatable bonds is 8. The maximum absolute atomic E-state index is 12.4. The molecule has 1 aromatic carbocycles. The molecule has 28 heavy (non-hydrogen) atoms. The van der Waals surface area contributed by atoms with E-state index in [1.807, 2.05) is 0 Å². The van der Waals surface area contributed by atoms with Crippen molar-refractivity contribution in [2.24, 2.45) is 0 Å². The smallest absolute Gasteiger partial charge is 0.338 e. The molecule has 1 atom stereocenters. The Bertz CT molecular complexity index is 921. The molecule has 1 amide bonds. The van der Waals surface area contributed by atoms with Crippen LogP contribution in [-0.4, -0.2) is 70.3 Å². The zero-order valence-electron chi connectivity index (χ0n) is 15.8. The zero-order valence-corrected chi connectivity index (χ0v) is 17.4. The molecule has 0 saturated carbocycles. The summed E-state index contributed by atoms with van der Waals surface area (Å²) in [6, 6.07) is 4.79. The lowest BCUT2D eigenvalue weighted by molar-refractivity contribution is -0.124. The fraction of sp³-hybridized carbons (Fsp3) is 0.529. The number of sulfone groups is 1. The minimum absolute atomic E-state index is 0.0283. The van der Waals surface area contributed by atoms with Crippen LogP contribution in [0.3, 0.4) is 0 Å². The molecule has 1 aromatic rings. The minimum Gasteiger partial charge on any atom is -0.452 e. The quantitative estimate of drug-likeness (QED) is 0.581. The van der Waals surface area contributed by atoms with E-state index in [1.54, 1.807) is 13.8 Å². The van der Waals surface area contributed by atoms with Gasteiger partial charge >= 0.3 is 5.97 Å². The predicted molar refractivity (Wildman–Crippen MR) is 102 cm³/mol. The molecule has 1 saturated heterocycles. The van der Waals surface area contributed by atoms with Crippen molar-refractivity contribution >= 4 is 31.7 Å². The number of hydrogen-bond donors (Lipinski definition) is 1. The van der Waals surface area contributed by atoms with Crippen molar-refractivity contribution in [2.75, 3.05) is 31.2 Å². The number of esters is 1. The summed E-state index contributed by atoms with van der Waals surface area (Å²) in [5.74, 6) is -1.45. The topological polar surface area (TPSA) is 127 Å². The number of benzene rings is 1. The summed E-state index contributed by atoms with van der Waals surface area (Å²) < 4.78 is 53.8. The summed E-state index contributed by atoms with van der Waals surface area (Å²) in [5.41, 5.74) is 0.106. The van der Waals surface area contributed by atoms with Crippen LogP contribution < -0.4 is 5.32 Å². The van der Waals surface area contributed by atoms with Gasteiger partial charge in [-0.25, -0.2) is 21.6 Å². The Balaban J connectivity index is 1.92. The fourth-order valence-electron chi connectivity index (χ4n) is 2.87. The number of carbonyl (C=O) groups is 2. The van der Waals surface area contributed by atoms with E-state index < -0.39 is 44.4 Å². The summed E-state index contributed by atoms with van der Waals surface area (Å²) in [7, 11) is -6.74. The molecular formula is C17H24N2O7S2. The van der Waals surface area contributed by atoms with E-state index in [-0.39, 0.29) is 22.0 Å². The molecular weight excluding hydrogens is 408 g/mol. The van der Waals surface area contributed by atoms with Gasteiger partial charge in [-0.1, -0.05) is 13.8 Å². The van der Waals surface area contributed by atoms with Crippen molar-refractivity contribution < 1.29 is 31.2 Å². The lowest BCUT2D eigenvalue weighted by Crippen LogP contribution is -2.38. The molecule has 0 aliphatic carbocycles. The van der Waals surface area contributed by atoms with Gasteiger partial charge in [-0.3, -0.25) is 4.79 Å². The van der Waals surface area contributed by atoms with Crippen molar-refractivity contribution in [2.45, 2.75) is 31.2 Å². The highest BCUT2D eigenvalue weighted by Gasteiger charge is 2.29. The van der Waals surface area contributed by atoms with Gasteiger partial charge in [-0.15, -0.1) is 0 Å². The van der Waals surface area contributed by atoms with Crippen LogP contribution >= 0.6 is 0 Å². The van der Waals surface area contributed by atoms with Crippen molar-refractivity contribution in [3.8, 4) is 0 Å². The van der Waals surface area contributed by atoms with Crippen LogP contribution in [0.4, 0.5) is 0 Å². The Kier molecular flexibility index (Phi) is 7.18. The second-order valence-corrected chi connectivity index (χ2v) is 10.5. The van der Waals surface area contributed by atoms with Gasteiger partial charge in [0, 0.05) is 19.1 Å². The van der Waals surface area contributed by atoms with Crippen LogP contribution in [0.15, 0.2) is 29.2 Å². The maximum atomic E-state index is 12.4. The van der Waals surface area contributed by atoms with E-state index in [4.69, 9.17) is 4.74 Å². The van der Waals surface area contributed by atoms with E-state index in [0.29, 0.717) is 19.5 Å². The normalized spacial score (nSPS) is 18.8. The number of amides is 1. The molecule has 11 heteroatoms. The summed E-state index contributed by atoms with van der Waals surface area (Å²) in [6.45, 7) is 3.59. The molecule has 1 unspecified atom stereocenters. The Labute approximate surface area is 165 Å². The number of carbonyl (C=O) groups excluding carboxylic acids is 2. The van der Waals surface area contributed by atoms with Gasteiger partial charge in [-0.05, 0) is 30.7 Å². The second kappa shape index (κ2) is 9.01. The molecule has 9 nitrogen and oxygen atoms in total. The summed E-state index contributed by atoms with van der Waals surface area (Å²) in [5, 5.41) is 2.52. The molecule has 0 spiro atoms. The summed E-state index contributed by atoms with van der Waals surface area (Å²) >= 11 is 0. The van der Waals surface area contributed by atoms with Gasteiger partial charge in [0.05, 0.1) is 22.0 Å². The molecule has 1 aliphatic heterocycles. The first-order chi connectivity index (χ1) is 13.1. The van der Waals surface area contributed by atoms with Crippen LogP contribution in [0.2, 0.25) is 0 Å². The van der Waals surface area contributed by atoms with Crippen molar-refractivity contribution in [3.05, 3.63) is 29.8 Å². The third-order valence-corrected chi connectivity index (χ3v) is 8.20. The van der Waals surface area contributed by atoms with Crippen LogP contribution in [0, 0.1) is 0 Å². The van der Waals surface area contributed by atoms with Gasteiger partial charge in [0.1, 0.15) is 0 Å². The molecule has 2 rings (SSSR count). The third-order valence-electron chi connectivity index (χ3n) is 4.37. The predicted octanol–water partition coefficient (Wildman–Crippen LogP) is 0.177. The van der Waals surface area contributed by atoms with Crippen molar-refractivity contribution in [1.82, 2.24) is 9.62 Å². The van der Waals surface area contributed by atoms with Crippen LogP contribution in [0.25, 0.3) is 0 Å². The maximum Gasteiger partial charge on any atom is 0.338 e. The number of nitrogens with one attached hydrogen (secondary N) is 1. The minimum atomic E-state index is -3.62. The standard InChI is InChI=1S/C17H24N2O7S2/c1-3-19(4-2)28(24,25)15-7-5-13(6-8-15)17(21)26-11-16(20)18-14-9-10-27(22,23)12-14/h5-8,14H,3-4,9-12H2,1-2H3,(H,18,20). The first-order valence-corrected chi connectivity index (χ1v) is 12.1. The summed E-state index contributed by atoms with van der Waals surface area (Å²) in [6.07, 6.45) is 0.338. The molecule has 1 heterocycles. The SMILES string of the molecule is CCN(CC)S(=O)(=O)c1ccc(C(=O)OCC(=O)NC2CCS(=O)(=O)C2)cc1. The van der Waals surface area contributed by atoms with Gasteiger partial charge in [0.15, 0.2) is 16.4 Å². The van der Waals surface area contributed by atoms with E-state index in [2.05, 4.69) is 5.32 Å². The average Bonchev–Trinajstić information content (AvgIpc) is 2.99. The van der Waals surface area contributed by atoms with E-state index in [0.717, 1.165) is 0 Å². The highest BCUT2D eigenvalue weighted by atomic mass is 32.2. The molecule has 0 radical (unpaired) electrons. The molecule has 0 bridgehead atoms. The van der Waals surface area contributed by atoms with Crippen LogP contribution in [0.5, 0.6) is 0 Å². The third kappa shape index (κ3) is 5.52. The monoisotopic (exact) mass is 432 g/mol. The van der Waals surface area contributed by atoms with E-state index >= 15 is 0 Å². The Hall–Kier alpha value is -1.98. The molecule has 156 valence electrons. The van der Waals surface area contributed by atoms with Gasteiger partial charge in [0.25, 0.3) is 5.91 Å². The van der Waals surface area contributed by atoms with Gasteiger partial charge < -0.3 is 10.1 Å². The van der Waals surface area contributed by atoms with Gasteiger partial charge in [-0.2, -0.15) is 4.31 Å². The molecule has 0 aromatic heterocycles. The Morgan fingerprint density at radius 3 is 2.29 bits per heavy atom. The van der Waals surface area contributed by atoms with Crippen molar-refractivity contribution in [3.63, 3.8) is 0 Å². The number of nitrogens with zero attached hydrogens (tertiary/aromatic N) is 1. The summed E-state index contributed by atoms with van der Waals surface area (Å²) in [4.78, 5) is 23.9. The lowest BCUT2D eigenvalue weighted by atomic mass is 10.2. The Morgan fingerprint density at radius 2 is 1.79 bits per heavy atom. The first kappa shape index (κ1) is 22.3. The van der Waals surface area contributed by atoms with Crippen LogP contribution in [-0.2, 0) is 29.4 Å². The first-order valence-electron chi connectivity index (χ1n) is 8.86. The fourth-order valence-corrected chi connectivity index (χ4v) is 6.00. The number of hydrogen-bond acceptors (Lipinski definition) is 7. The lowest BCUT2D eigenvalue weighted by Gasteiger charge is -2.18. The van der Waals surface area contributed by atoms with E-state index in [1.165, 1.54) is 28.6 Å². The Morgan fingerprint density at radius 1 is 1.18 bits per heavy atom. The molecule has 1 fully saturated rings. The largest absolute Gasteiger partial charge is 0.452 e. The second-order valence-electron chi connectivity index (χ2n) is 6.36. The van der Waals surface area contributed by atoms with Gasteiger partial charge in [0.2, 0.25) is 10.0 Å². The molecule has 1 N–H and O–H groups in total. The van der Waals surface area contributed by atoms with Crippen LogP contribution in [0.1, 0.15) is 30.6 Å². The highest BCUT2D eigenvalue weighted by Crippen LogP contribution is 2.16. The van der Waals surface area contributed by atoms with E-state index in [9.17, 15) is 26.4 Å². The average molecular weight is 433 g/mol. The number of ether oxygens (including phenoxy) is 1.